The average molecular weight is 186 g/mol. The van der Waals surface area contributed by atoms with Crippen molar-refractivity contribution in [3.05, 3.63) is 12.7 Å². The minimum atomic E-state index is -4.91. The molecule has 0 saturated carbocycles. The van der Waals surface area contributed by atoms with Crippen LogP contribution in [0.3, 0.4) is 0 Å². The average Bonchev–Trinajstić information content (AvgIpc) is 1.86. The first kappa shape index (κ1) is 10.3. The third kappa shape index (κ3) is 4.72. The van der Waals surface area contributed by atoms with Crippen LogP contribution in [0.5, 0.6) is 0 Å². The molecule has 0 unspecified atom stereocenters. The number of rotatable bonds is 3. The number of halogens is 3. The molecule has 0 spiro atoms. The fourth-order valence-electron chi connectivity index (χ4n) is 0.183. The Balaban J connectivity index is 3.62. The van der Waals surface area contributed by atoms with Crippen LogP contribution < -0.4 is 0 Å². The van der Waals surface area contributed by atoms with Crippen LogP contribution in [0, 0.1) is 0 Å². The van der Waals surface area contributed by atoms with Gasteiger partial charge in [0.25, 0.3) is 0 Å². The predicted octanol–water partition coefficient (Wildman–Crippen LogP) is 1.93. The van der Waals surface area contributed by atoms with Crippen LogP contribution in [0.2, 0.25) is 0 Å². The Labute approximate surface area is 65.6 Å². The van der Waals surface area contributed by atoms with Crippen LogP contribution in [0.4, 0.5) is 13.2 Å². The van der Waals surface area contributed by atoms with Crippen LogP contribution in [0.1, 0.15) is 0 Å². The van der Waals surface area contributed by atoms with Crippen LogP contribution in [-0.2, 0) is 8.98 Å². The zero-order valence-electron chi connectivity index (χ0n) is 5.35. The molecule has 0 aliphatic heterocycles. The van der Waals surface area contributed by atoms with Gasteiger partial charge in [0.1, 0.15) is 0 Å². The highest BCUT2D eigenvalue weighted by atomic mass is 32.2. The Morgan fingerprint density at radius 3 is 2.55 bits per heavy atom. The molecule has 0 aromatic rings. The Hall–Kier alpha value is -0.650. The molecule has 0 bridgehead atoms. The van der Waals surface area contributed by atoms with Crippen molar-refractivity contribution in [1.82, 2.24) is 0 Å². The van der Waals surface area contributed by atoms with Crippen LogP contribution in [0.25, 0.3) is 0 Å². The van der Waals surface area contributed by atoms with E-state index in [9.17, 15) is 18.0 Å². The fraction of sp³-hybridized carbons (Fsp3) is 0.400. The highest BCUT2D eigenvalue weighted by molar-refractivity contribution is 7.95. The molecule has 0 radical (unpaired) electrons. The van der Waals surface area contributed by atoms with Crippen molar-refractivity contribution in [2.45, 2.75) is 6.18 Å². The molecule has 11 heavy (non-hydrogen) atoms. The summed E-state index contributed by atoms with van der Waals surface area (Å²) >= 11 is 0.401. The molecule has 0 amide bonds. The predicted molar refractivity (Wildman–Crippen MR) is 34.8 cm³/mol. The Morgan fingerprint density at radius 1 is 1.64 bits per heavy atom. The minimum Gasteiger partial charge on any atom is -0.384 e. The van der Waals surface area contributed by atoms with Crippen molar-refractivity contribution in [3.63, 3.8) is 0 Å². The lowest BCUT2D eigenvalue weighted by Crippen LogP contribution is -2.23. The highest BCUT2D eigenvalue weighted by Crippen LogP contribution is 2.19. The SMILES string of the molecule is C=CCSOC(=O)C(F)(F)F. The van der Waals surface area contributed by atoms with E-state index in [0.717, 1.165) is 0 Å². The lowest BCUT2D eigenvalue weighted by atomic mass is 10.7. The summed E-state index contributed by atoms with van der Waals surface area (Å²) in [6, 6.07) is 0. The second kappa shape index (κ2) is 4.27. The lowest BCUT2D eigenvalue weighted by Gasteiger charge is -2.02. The molecule has 0 fully saturated rings. The third-order valence-corrected chi connectivity index (χ3v) is 1.19. The van der Waals surface area contributed by atoms with E-state index < -0.39 is 12.1 Å². The molecule has 0 heterocycles. The summed E-state index contributed by atoms with van der Waals surface area (Å²) in [6.45, 7) is 3.23. The molecule has 0 saturated heterocycles. The summed E-state index contributed by atoms with van der Waals surface area (Å²) in [4.78, 5) is 9.94. The van der Waals surface area contributed by atoms with Crippen molar-refractivity contribution in [2.75, 3.05) is 5.75 Å². The maximum atomic E-state index is 11.4. The zero-order chi connectivity index (χ0) is 8.91. The first-order valence-corrected chi connectivity index (χ1v) is 3.41. The van der Waals surface area contributed by atoms with Gasteiger partial charge in [-0.25, -0.2) is 4.79 Å². The van der Waals surface area contributed by atoms with Crippen LogP contribution in [-0.4, -0.2) is 17.9 Å². The maximum Gasteiger partial charge on any atom is 0.492 e. The Kier molecular flexibility index (Phi) is 4.02. The first-order chi connectivity index (χ1) is 4.98. The summed E-state index contributed by atoms with van der Waals surface area (Å²) in [5.41, 5.74) is 0. The molecule has 2 nitrogen and oxygen atoms in total. The van der Waals surface area contributed by atoms with E-state index >= 15 is 0 Å². The molecule has 0 N–H and O–H groups in total. The van der Waals surface area contributed by atoms with E-state index in [1.54, 1.807) is 0 Å². The second-order valence-electron chi connectivity index (χ2n) is 1.44. The second-order valence-corrected chi connectivity index (χ2v) is 2.18. The van der Waals surface area contributed by atoms with Crippen molar-refractivity contribution < 1.29 is 22.1 Å². The van der Waals surface area contributed by atoms with Crippen LogP contribution in [0.15, 0.2) is 12.7 Å². The Bertz CT molecular complexity index is 154. The van der Waals surface area contributed by atoms with E-state index in [0.29, 0.717) is 12.0 Å². The largest absolute Gasteiger partial charge is 0.492 e. The van der Waals surface area contributed by atoms with Gasteiger partial charge in [0.2, 0.25) is 0 Å². The summed E-state index contributed by atoms with van der Waals surface area (Å²) in [5, 5.41) is 0. The van der Waals surface area contributed by atoms with Crippen molar-refractivity contribution in [2.24, 2.45) is 0 Å². The highest BCUT2D eigenvalue weighted by Gasteiger charge is 2.41. The topological polar surface area (TPSA) is 26.3 Å². The number of carbonyl (C=O) groups excluding carboxylic acids is 1. The van der Waals surface area contributed by atoms with Gasteiger partial charge in [0.15, 0.2) is 0 Å². The van der Waals surface area contributed by atoms with E-state index in [1.165, 1.54) is 6.08 Å². The molecule has 0 aliphatic carbocycles. The van der Waals surface area contributed by atoms with E-state index in [-0.39, 0.29) is 5.75 Å². The molecule has 0 rings (SSSR count). The standard InChI is InChI=1S/C5H5F3O2S/c1-2-3-11-10-4(9)5(6,7)8/h2H,1,3H2. The van der Waals surface area contributed by atoms with Crippen LogP contribution >= 0.6 is 12.0 Å². The van der Waals surface area contributed by atoms with Crippen molar-refractivity contribution in [3.8, 4) is 0 Å². The van der Waals surface area contributed by atoms with E-state index in [1.807, 2.05) is 0 Å². The molecular formula is C5H5F3O2S. The number of carbonyl (C=O) groups is 1. The van der Waals surface area contributed by atoms with Gasteiger partial charge in [-0.05, 0) is 0 Å². The minimum absolute atomic E-state index is 0.141. The Morgan fingerprint density at radius 2 is 2.18 bits per heavy atom. The van der Waals surface area contributed by atoms with Gasteiger partial charge in [-0.15, -0.1) is 6.58 Å². The van der Waals surface area contributed by atoms with E-state index in [4.69, 9.17) is 0 Å². The quantitative estimate of drug-likeness (QED) is 0.382. The first-order valence-electron chi connectivity index (χ1n) is 2.50. The van der Waals surface area contributed by atoms with Gasteiger partial charge in [0, 0.05) is 5.75 Å². The summed E-state index contributed by atoms with van der Waals surface area (Å²) in [6.07, 6.45) is -3.58. The van der Waals surface area contributed by atoms with Gasteiger partial charge in [-0.3, -0.25) is 0 Å². The molecule has 0 aliphatic rings. The van der Waals surface area contributed by atoms with Gasteiger partial charge < -0.3 is 4.18 Å². The lowest BCUT2D eigenvalue weighted by molar-refractivity contribution is -0.188. The van der Waals surface area contributed by atoms with Gasteiger partial charge >= 0.3 is 12.1 Å². The third-order valence-electron chi connectivity index (χ3n) is 0.552. The number of hydrogen-bond acceptors (Lipinski definition) is 3. The maximum absolute atomic E-state index is 11.4. The molecular weight excluding hydrogens is 181 g/mol. The molecule has 6 heteroatoms. The summed E-state index contributed by atoms with van der Waals surface area (Å²) < 4.78 is 37.8. The summed E-state index contributed by atoms with van der Waals surface area (Å²) in [5.74, 6) is -2.05. The molecule has 64 valence electrons. The molecule has 0 aromatic heterocycles. The van der Waals surface area contributed by atoms with Crippen molar-refractivity contribution >= 4 is 18.0 Å². The number of hydrogen-bond donors (Lipinski definition) is 0. The molecule has 0 atom stereocenters. The van der Waals surface area contributed by atoms with Gasteiger partial charge in [-0.1, -0.05) is 6.08 Å². The number of alkyl halides is 3. The molecule has 0 aromatic carbocycles. The zero-order valence-corrected chi connectivity index (χ0v) is 6.17. The summed E-state index contributed by atoms with van der Waals surface area (Å²) in [7, 11) is 0. The van der Waals surface area contributed by atoms with Gasteiger partial charge in [-0.2, -0.15) is 13.2 Å². The normalized spacial score (nSPS) is 10.8. The van der Waals surface area contributed by atoms with Gasteiger partial charge in [0.05, 0.1) is 12.0 Å². The fourth-order valence-corrected chi connectivity index (χ4v) is 0.549. The smallest absolute Gasteiger partial charge is 0.384 e. The van der Waals surface area contributed by atoms with Crippen molar-refractivity contribution in [1.29, 1.82) is 0 Å². The monoisotopic (exact) mass is 186 g/mol. The van der Waals surface area contributed by atoms with E-state index in [2.05, 4.69) is 10.8 Å².